The van der Waals surface area contributed by atoms with E-state index < -0.39 is 6.10 Å². The molecule has 0 aromatic heterocycles. The highest BCUT2D eigenvalue weighted by molar-refractivity contribution is 5.78. The van der Waals surface area contributed by atoms with Crippen LogP contribution in [0.5, 0.6) is 11.5 Å². The number of fused-ring (bicyclic) bond motifs is 1. The van der Waals surface area contributed by atoms with Crippen molar-refractivity contribution in [2.45, 2.75) is 76.9 Å². The minimum Gasteiger partial charge on any atom is -0.486 e. The summed E-state index contributed by atoms with van der Waals surface area (Å²) in [5.41, 5.74) is 0.789. The summed E-state index contributed by atoms with van der Waals surface area (Å²) in [7, 11) is 1.74. The molecule has 0 radical (unpaired) electrons. The molecule has 3 rings (SSSR count). The molecule has 0 spiro atoms. The number of carbonyl (C=O) groups excluding carboxylic acids is 1. The number of Topliss-reactive ketones (excluding diaryl/α,β-unsaturated/α-hetero) is 1. The second-order valence-corrected chi connectivity index (χ2v) is 9.26. The lowest BCUT2D eigenvalue weighted by molar-refractivity contribution is -0.121. The van der Waals surface area contributed by atoms with Gasteiger partial charge in [-0.2, -0.15) is 0 Å². The number of hydrogen-bond acceptors (Lipinski definition) is 6. The number of methoxy groups -OCH3 is 1. The van der Waals surface area contributed by atoms with Gasteiger partial charge in [0.1, 0.15) is 19.0 Å². The third-order valence-corrected chi connectivity index (χ3v) is 6.73. The van der Waals surface area contributed by atoms with Gasteiger partial charge in [-0.3, -0.25) is 9.69 Å². The molecule has 1 aromatic carbocycles. The van der Waals surface area contributed by atoms with Gasteiger partial charge in [0.2, 0.25) is 0 Å². The average molecular weight is 452 g/mol. The molecule has 1 saturated heterocycles. The molecular weight excluding hydrogens is 406 g/mol. The Kier molecular flexibility index (Phi) is 10.3. The highest BCUT2D eigenvalue weighted by Crippen LogP contribution is 2.36. The molecule has 0 amide bonds. The second kappa shape index (κ2) is 13.2. The standard InChI is InChI=1S/C26H41NO5.2H2/c1-3-4-5-6-7-10-23(28)16-21(18-27-13-8-9-22(27)19-30-2)26(29)20-11-12-24-25(17-20)32-15-14-31-24;;/h11-12,17,21-22,26,29H,3-10,13-16,18-19H2,1-2H3;2*1H/t21-,22+,26+;;/m1../s1. The van der Waals surface area contributed by atoms with Crippen LogP contribution in [0.15, 0.2) is 18.2 Å². The number of ether oxygens (including phenoxy) is 3. The van der Waals surface area contributed by atoms with Crippen molar-refractivity contribution < 1.29 is 27.0 Å². The summed E-state index contributed by atoms with van der Waals surface area (Å²) in [6, 6.07) is 6.00. The van der Waals surface area contributed by atoms with Crippen LogP contribution in [0.2, 0.25) is 0 Å². The number of aliphatic hydroxyl groups excluding tert-OH is 1. The van der Waals surface area contributed by atoms with Crippen molar-refractivity contribution in [2.75, 3.05) is 40.0 Å². The lowest BCUT2D eigenvalue weighted by Crippen LogP contribution is -2.39. The first-order chi connectivity index (χ1) is 15.6. The number of rotatable bonds is 14. The van der Waals surface area contributed by atoms with Gasteiger partial charge < -0.3 is 19.3 Å². The maximum Gasteiger partial charge on any atom is 0.161 e. The Morgan fingerprint density at radius 3 is 2.78 bits per heavy atom. The Bertz CT molecular complexity index is 720. The molecule has 2 heterocycles. The molecule has 2 aliphatic heterocycles. The molecule has 3 atom stereocenters. The van der Waals surface area contributed by atoms with Crippen LogP contribution >= 0.6 is 0 Å². The highest BCUT2D eigenvalue weighted by Gasteiger charge is 2.32. The van der Waals surface area contributed by atoms with Gasteiger partial charge in [-0.15, -0.1) is 0 Å². The molecular formula is C26H45NO5. The van der Waals surface area contributed by atoms with Crippen LogP contribution < -0.4 is 9.47 Å². The lowest BCUT2D eigenvalue weighted by atomic mass is 9.89. The number of hydrogen-bond donors (Lipinski definition) is 1. The largest absolute Gasteiger partial charge is 0.486 e. The number of carbonyl (C=O) groups is 1. The van der Waals surface area contributed by atoms with E-state index in [1.807, 2.05) is 18.2 Å². The number of likely N-dealkylation sites (tertiary alicyclic amines) is 1. The van der Waals surface area contributed by atoms with E-state index in [2.05, 4.69) is 11.8 Å². The van der Waals surface area contributed by atoms with Crippen molar-refractivity contribution in [1.82, 2.24) is 4.90 Å². The predicted molar refractivity (Wildman–Crippen MR) is 130 cm³/mol. The van der Waals surface area contributed by atoms with E-state index in [1.54, 1.807) is 7.11 Å². The fraction of sp³-hybridized carbons (Fsp3) is 0.731. The summed E-state index contributed by atoms with van der Waals surface area (Å²) in [6.07, 6.45) is 8.20. The van der Waals surface area contributed by atoms with Crippen molar-refractivity contribution in [3.8, 4) is 11.5 Å². The average Bonchev–Trinajstić information content (AvgIpc) is 3.24. The fourth-order valence-electron chi connectivity index (χ4n) is 4.93. The minimum absolute atomic E-state index is 0. The number of ketones is 1. The molecule has 1 aromatic rings. The molecule has 0 bridgehead atoms. The zero-order valence-corrected chi connectivity index (χ0v) is 19.9. The van der Waals surface area contributed by atoms with E-state index in [4.69, 9.17) is 14.2 Å². The van der Waals surface area contributed by atoms with Gasteiger partial charge in [0.25, 0.3) is 0 Å². The van der Waals surface area contributed by atoms with E-state index in [0.29, 0.717) is 56.7 Å². The van der Waals surface area contributed by atoms with E-state index in [-0.39, 0.29) is 14.6 Å². The van der Waals surface area contributed by atoms with Crippen LogP contribution in [0.25, 0.3) is 0 Å². The number of aliphatic hydroxyl groups is 1. The SMILES string of the molecule is CCCCCCCC(=O)C[C@H](CN1CCC[C@H]1COC)[C@@H](O)c1ccc2c(c1)OCCO2.[HH].[HH]. The molecule has 0 unspecified atom stereocenters. The normalized spacial score (nSPS) is 20.3. The van der Waals surface area contributed by atoms with Crippen molar-refractivity contribution in [3.63, 3.8) is 0 Å². The maximum absolute atomic E-state index is 12.8. The van der Waals surface area contributed by atoms with E-state index in [0.717, 1.165) is 37.8 Å². The molecule has 6 heteroatoms. The number of nitrogens with zero attached hydrogens (tertiary/aromatic N) is 1. The van der Waals surface area contributed by atoms with Gasteiger partial charge >= 0.3 is 0 Å². The Balaban J connectivity index is 0.00000289. The Morgan fingerprint density at radius 2 is 2.00 bits per heavy atom. The summed E-state index contributed by atoms with van der Waals surface area (Å²) >= 11 is 0. The minimum atomic E-state index is -0.723. The molecule has 32 heavy (non-hydrogen) atoms. The van der Waals surface area contributed by atoms with Gasteiger partial charge in [0, 0.05) is 41.3 Å². The topological polar surface area (TPSA) is 68.2 Å². The zero-order chi connectivity index (χ0) is 22.8. The van der Waals surface area contributed by atoms with Crippen molar-refractivity contribution in [3.05, 3.63) is 23.8 Å². The van der Waals surface area contributed by atoms with Crippen molar-refractivity contribution >= 4 is 5.78 Å². The molecule has 184 valence electrons. The van der Waals surface area contributed by atoms with Gasteiger partial charge in [0.05, 0.1) is 12.7 Å². The summed E-state index contributed by atoms with van der Waals surface area (Å²) in [6.45, 7) is 5.64. The molecule has 0 saturated carbocycles. The first-order valence-corrected chi connectivity index (χ1v) is 12.4. The van der Waals surface area contributed by atoms with Crippen LogP contribution in [0.1, 0.15) is 79.2 Å². The van der Waals surface area contributed by atoms with E-state index >= 15 is 0 Å². The first-order valence-electron chi connectivity index (χ1n) is 12.4. The quantitative estimate of drug-likeness (QED) is 0.400. The van der Waals surface area contributed by atoms with Crippen LogP contribution in [0, 0.1) is 5.92 Å². The Morgan fingerprint density at radius 1 is 1.22 bits per heavy atom. The van der Waals surface area contributed by atoms with Gasteiger partial charge in [-0.1, -0.05) is 38.7 Å². The molecule has 6 nitrogen and oxygen atoms in total. The second-order valence-electron chi connectivity index (χ2n) is 9.26. The van der Waals surface area contributed by atoms with E-state index in [9.17, 15) is 9.90 Å². The van der Waals surface area contributed by atoms with Gasteiger partial charge in [-0.25, -0.2) is 0 Å². The summed E-state index contributed by atoms with van der Waals surface area (Å²) in [4.78, 5) is 15.2. The Labute approximate surface area is 196 Å². The summed E-state index contributed by atoms with van der Waals surface area (Å²) < 4.78 is 16.7. The van der Waals surface area contributed by atoms with Crippen molar-refractivity contribution in [2.24, 2.45) is 5.92 Å². The van der Waals surface area contributed by atoms with Crippen LogP contribution in [-0.4, -0.2) is 61.9 Å². The van der Waals surface area contributed by atoms with Crippen LogP contribution in [-0.2, 0) is 9.53 Å². The number of benzene rings is 1. The van der Waals surface area contributed by atoms with Crippen LogP contribution in [0.3, 0.4) is 0 Å². The van der Waals surface area contributed by atoms with Crippen LogP contribution in [0.4, 0.5) is 0 Å². The smallest absolute Gasteiger partial charge is 0.161 e. The first kappa shape index (κ1) is 25.0. The third-order valence-electron chi connectivity index (χ3n) is 6.73. The maximum atomic E-state index is 12.8. The monoisotopic (exact) mass is 451 g/mol. The zero-order valence-electron chi connectivity index (χ0n) is 19.9. The number of unbranched alkanes of at least 4 members (excludes halogenated alkanes) is 4. The Hall–Kier alpha value is -1.63. The third kappa shape index (κ3) is 7.19. The molecule has 0 aliphatic carbocycles. The fourth-order valence-corrected chi connectivity index (χ4v) is 4.93. The summed E-state index contributed by atoms with van der Waals surface area (Å²) in [5.74, 6) is 1.49. The summed E-state index contributed by atoms with van der Waals surface area (Å²) in [5, 5.41) is 11.3. The molecule has 1 N–H and O–H groups in total. The van der Waals surface area contributed by atoms with E-state index in [1.165, 1.54) is 19.3 Å². The predicted octanol–water partition coefficient (Wildman–Crippen LogP) is 5.03. The van der Waals surface area contributed by atoms with Gasteiger partial charge in [0.15, 0.2) is 11.5 Å². The van der Waals surface area contributed by atoms with Crippen molar-refractivity contribution in [1.29, 1.82) is 0 Å². The molecule has 2 aliphatic rings. The lowest BCUT2D eigenvalue weighted by Gasteiger charge is -2.31. The van der Waals surface area contributed by atoms with Gasteiger partial charge in [-0.05, 0) is 43.5 Å². The molecule has 1 fully saturated rings. The highest BCUT2D eigenvalue weighted by atomic mass is 16.6.